The normalized spacial score (nSPS) is 25.8. The fourth-order valence-corrected chi connectivity index (χ4v) is 2.60. The van der Waals surface area contributed by atoms with Crippen molar-refractivity contribution in [2.45, 2.75) is 32.1 Å². The van der Waals surface area contributed by atoms with Crippen LogP contribution in [0.5, 0.6) is 0 Å². The Morgan fingerprint density at radius 2 is 2.20 bits per heavy atom. The Balaban J connectivity index is 2.25. The van der Waals surface area contributed by atoms with Gasteiger partial charge in [0.25, 0.3) is 0 Å². The highest BCUT2D eigenvalue weighted by Crippen LogP contribution is 2.39. The summed E-state index contributed by atoms with van der Waals surface area (Å²) < 4.78 is 13.4. The van der Waals surface area contributed by atoms with Crippen LogP contribution in [-0.4, -0.2) is 6.54 Å². The largest absolute Gasteiger partial charge is 0.330 e. The molecule has 0 radical (unpaired) electrons. The summed E-state index contributed by atoms with van der Waals surface area (Å²) in [6, 6.07) is 5.61. The van der Waals surface area contributed by atoms with Crippen molar-refractivity contribution < 1.29 is 4.39 Å². The Labute approximate surface area is 90.5 Å². The second-order valence-electron chi connectivity index (χ2n) is 4.54. The average molecular weight is 207 g/mol. The summed E-state index contributed by atoms with van der Waals surface area (Å²) in [4.78, 5) is 0. The number of benzene rings is 1. The minimum atomic E-state index is -0.0878. The van der Waals surface area contributed by atoms with E-state index in [1.54, 1.807) is 13.0 Å². The molecule has 82 valence electrons. The summed E-state index contributed by atoms with van der Waals surface area (Å²) in [5, 5.41) is 0. The molecule has 2 N–H and O–H groups in total. The van der Waals surface area contributed by atoms with E-state index in [9.17, 15) is 4.39 Å². The van der Waals surface area contributed by atoms with Crippen molar-refractivity contribution in [2.24, 2.45) is 11.7 Å². The second-order valence-corrected chi connectivity index (χ2v) is 4.54. The predicted octanol–water partition coefficient (Wildman–Crippen LogP) is 2.98. The molecular formula is C13H18FN. The summed E-state index contributed by atoms with van der Waals surface area (Å²) in [7, 11) is 0. The van der Waals surface area contributed by atoms with Crippen molar-refractivity contribution in [3.63, 3.8) is 0 Å². The first-order valence-electron chi connectivity index (χ1n) is 5.68. The first-order chi connectivity index (χ1) is 7.22. The number of hydrogen-bond donors (Lipinski definition) is 1. The highest BCUT2D eigenvalue weighted by atomic mass is 19.1. The molecule has 2 rings (SSSR count). The lowest BCUT2D eigenvalue weighted by Crippen LogP contribution is -2.17. The van der Waals surface area contributed by atoms with Crippen LogP contribution < -0.4 is 5.73 Å². The zero-order chi connectivity index (χ0) is 10.8. The molecule has 0 amide bonds. The van der Waals surface area contributed by atoms with Crippen molar-refractivity contribution in [1.82, 2.24) is 0 Å². The summed E-state index contributed by atoms with van der Waals surface area (Å²) in [6.07, 6.45) is 3.57. The monoisotopic (exact) mass is 207 g/mol. The molecule has 0 aromatic heterocycles. The standard InChI is InChI=1S/C13H18FN/c1-9-5-6-10(7-13(9)14)12-4-2-3-11(12)8-15/h5-7,11-12H,2-4,8,15H2,1H3. The summed E-state index contributed by atoms with van der Waals surface area (Å²) in [5.41, 5.74) is 7.59. The Morgan fingerprint density at radius 3 is 2.87 bits per heavy atom. The van der Waals surface area contributed by atoms with Gasteiger partial charge < -0.3 is 5.73 Å². The van der Waals surface area contributed by atoms with Crippen molar-refractivity contribution in [1.29, 1.82) is 0 Å². The molecular weight excluding hydrogens is 189 g/mol. The Kier molecular flexibility index (Phi) is 3.06. The third-order valence-corrected chi connectivity index (χ3v) is 3.59. The van der Waals surface area contributed by atoms with Crippen LogP contribution in [0.15, 0.2) is 18.2 Å². The molecule has 0 spiro atoms. The first kappa shape index (κ1) is 10.6. The van der Waals surface area contributed by atoms with E-state index in [4.69, 9.17) is 5.73 Å². The fourth-order valence-electron chi connectivity index (χ4n) is 2.60. The molecule has 2 heteroatoms. The summed E-state index contributed by atoms with van der Waals surface area (Å²) in [6.45, 7) is 2.52. The van der Waals surface area contributed by atoms with E-state index in [0.717, 1.165) is 24.1 Å². The number of halogens is 1. The second kappa shape index (κ2) is 4.31. The molecule has 1 aliphatic carbocycles. The van der Waals surface area contributed by atoms with E-state index in [2.05, 4.69) is 6.07 Å². The maximum absolute atomic E-state index is 13.4. The fraction of sp³-hybridized carbons (Fsp3) is 0.538. The van der Waals surface area contributed by atoms with Crippen molar-refractivity contribution in [3.05, 3.63) is 35.1 Å². The Morgan fingerprint density at radius 1 is 1.40 bits per heavy atom. The van der Waals surface area contributed by atoms with Crippen LogP contribution in [0, 0.1) is 18.7 Å². The molecule has 1 saturated carbocycles. The van der Waals surface area contributed by atoms with Crippen molar-refractivity contribution in [2.75, 3.05) is 6.54 Å². The molecule has 0 bridgehead atoms. The van der Waals surface area contributed by atoms with Gasteiger partial charge in [-0.15, -0.1) is 0 Å². The quantitative estimate of drug-likeness (QED) is 0.792. The number of hydrogen-bond acceptors (Lipinski definition) is 1. The minimum absolute atomic E-state index is 0.0878. The van der Waals surface area contributed by atoms with Crippen LogP contribution in [0.3, 0.4) is 0 Å². The smallest absolute Gasteiger partial charge is 0.126 e. The van der Waals surface area contributed by atoms with E-state index < -0.39 is 0 Å². The number of rotatable bonds is 2. The van der Waals surface area contributed by atoms with Gasteiger partial charge in [0.05, 0.1) is 0 Å². The lowest BCUT2D eigenvalue weighted by molar-refractivity contribution is 0.493. The molecule has 1 aliphatic rings. The lowest BCUT2D eigenvalue weighted by Gasteiger charge is -2.18. The zero-order valence-electron chi connectivity index (χ0n) is 9.17. The molecule has 0 aliphatic heterocycles. The van der Waals surface area contributed by atoms with Gasteiger partial charge in [-0.2, -0.15) is 0 Å². The van der Waals surface area contributed by atoms with Crippen LogP contribution in [0.4, 0.5) is 4.39 Å². The van der Waals surface area contributed by atoms with Crippen molar-refractivity contribution >= 4 is 0 Å². The topological polar surface area (TPSA) is 26.0 Å². The zero-order valence-corrected chi connectivity index (χ0v) is 9.17. The van der Waals surface area contributed by atoms with Gasteiger partial charge in [0.2, 0.25) is 0 Å². The molecule has 0 heterocycles. The van der Waals surface area contributed by atoms with E-state index in [0.29, 0.717) is 11.8 Å². The van der Waals surface area contributed by atoms with Crippen molar-refractivity contribution in [3.8, 4) is 0 Å². The van der Waals surface area contributed by atoms with Crippen LogP contribution >= 0.6 is 0 Å². The van der Waals surface area contributed by atoms with Gasteiger partial charge in [0.15, 0.2) is 0 Å². The highest BCUT2D eigenvalue weighted by molar-refractivity contribution is 5.27. The predicted molar refractivity (Wildman–Crippen MR) is 60.3 cm³/mol. The molecule has 2 unspecified atom stereocenters. The van der Waals surface area contributed by atoms with Gasteiger partial charge in [-0.3, -0.25) is 0 Å². The molecule has 2 atom stereocenters. The van der Waals surface area contributed by atoms with Gasteiger partial charge in [0.1, 0.15) is 5.82 Å². The molecule has 1 nitrogen and oxygen atoms in total. The van der Waals surface area contributed by atoms with Gasteiger partial charge in [-0.1, -0.05) is 18.6 Å². The van der Waals surface area contributed by atoms with Gasteiger partial charge >= 0.3 is 0 Å². The summed E-state index contributed by atoms with van der Waals surface area (Å²) >= 11 is 0. The minimum Gasteiger partial charge on any atom is -0.330 e. The third kappa shape index (κ3) is 2.05. The van der Waals surface area contributed by atoms with Gasteiger partial charge in [0, 0.05) is 0 Å². The lowest BCUT2D eigenvalue weighted by atomic mass is 9.88. The Bertz CT molecular complexity index is 348. The first-order valence-corrected chi connectivity index (χ1v) is 5.68. The molecule has 1 fully saturated rings. The molecule has 1 aromatic carbocycles. The maximum atomic E-state index is 13.4. The molecule has 0 saturated heterocycles. The van der Waals surface area contributed by atoms with Crippen LogP contribution in [-0.2, 0) is 0 Å². The third-order valence-electron chi connectivity index (χ3n) is 3.59. The van der Waals surface area contributed by atoms with Gasteiger partial charge in [-0.05, 0) is 55.3 Å². The molecule has 15 heavy (non-hydrogen) atoms. The van der Waals surface area contributed by atoms with E-state index in [1.807, 2.05) is 6.07 Å². The number of aryl methyl sites for hydroxylation is 1. The maximum Gasteiger partial charge on any atom is 0.126 e. The average Bonchev–Trinajstić information content (AvgIpc) is 2.70. The van der Waals surface area contributed by atoms with E-state index in [-0.39, 0.29) is 5.82 Å². The van der Waals surface area contributed by atoms with Crippen LogP contribution in [0.2, 0.25) is 0 Å². The van der Waals surface area contributed by atoms with E-state index in [1.165, 1.54) is 12.8 Å². The number of nitrogens with two attached hydrogens (primary N) is 1. The van der Waals surface area contributed by atoms with Gasteiger partial charge in [-0.25, -0.2) is 4.39 Å². The van der Waals surface area contributed by atoms with E-state index >= 15 is 0 Å². The van der Waals surface area contributed by atoms with Crippen LogP contribution in [0.1, 0.15) is 36.3 Å². The van der Waals surface area contributed by atoms with Crippen LogP contribution in [0.25, 0.3) is 0 Å². The molecule has 1 aromatic rings. The SMILES string of the molecule is Cc1ccc(C2CCCC2CN)cc1F. The highest BCUT2D eigenvalue weighted by Gasteiger charge is 2.27. The Hall–Kier alpha value is -0.890. The summed E-state index contributed by atoms with van der Waals surface area (Å²) in [5.74, 6) is 0.937.